The standard InChI is InChI=1S/C10H8ClN3O/c1-14-6-7(5-13-14)10(15)9-8(11)3-2-4-12-9/h2-6H,1H3. The summed E-state index contributed by atoms with van der Waals surface area (Å²) < 4.78 is 1.56. The fourth-order valence-corrected chi connectivity index (χ4v) is 1.44. The predicted octanol–water partition coefficient (Wildman–Crippen LogP) is 1.70. The van der Waals surface area contributed by atoms with E-state index in [1.165, 1.54) is 12.4 Å². The number of aromatic nitrogens is 3. The summed E-state index contributed by atoms with van der Waals surface area (Å²) in [5, 5.41) is 4.27. The SMILES string of the molecule is Cn1cc(C(=O)c2ncccc2Cl)cn1. The molecule has 0 unspecified atom stereocenters. The Hall–Kier alpha value is -1.68. The minimum atomic E-state index is -0.214. The van der Waals surface area contributed by atoms with Gasteiger partial charge in [-0.25, -0.2) is 0 Å². The van der Waals surface area contributed by atoms with Gasteiger partial charge in [0.15, 0.2) is 0 Å². The highest BCUT2D eigenvalue weighted by Crippen LogP contribution is 2.15. The van der Waals surface area contributed by atoms with Crippen LogP contribution in [0.25, 0.3) is 0 Å². The zero-order valence-electron chi connectivity index (χ0n) is 8.01. The van der Waals surface area contributed by atoms with Crippen LogP contribution in [0.3, 0.4) is 0 Å². The summed E-state index contributed by atoms with van der Waals surface area (Å²) in [5.41, 5.74) is 0.741. The van der Waals surface area contributed by atoms with Gasteiger partial charge in [-0.15, -0.1) is 0 Å². The first kappa shape index (κ1) is 9.86. The third-order valence-electron chi connectivity index (χ3n) is 1.94. The molecule has 2 heterocycles. The number of hydrogen-bond acceptors (Lipinski definition) is 3. The van der Waals surface area contributed by atoms with Crippen molar-refractivity contribution in [1.29, 1.82) is 0 Å². The number of rotatable bonds is 2. The van der Waals surface area contributed by atoms with E-state index in [1.54, 1.807) is 30.1 Å². The number of ketones is 1. The van der Waals surface area contributed by atoms with Crippen LogP contribution in [0.4, 0.5) is 0 Å². The van der Waals surface area contributed by atoms with Crippen molar-refractivity contribution in [3.05, 3.63) is 47.0 Å². The van der Waals surface area contributed by atoms with Gasteiger partial charge in [-0.3, -0.25) is 14.5 Å². The van der Waals surface area contributed by atoms with E-state index >= 15 is 0 Å². The monoisotopic (exact) mass is 221 g/mol. The number of halogens is 1. The molecule has 0 atom stereocenters. The third-order valence-corrected chi connectivity index (χ3v) is 2.25. The average molecular weight is 222 g/mol. The van der Waals surface area contributed by atoms with Crippen LogP contribution >= 0.6 is 11.6 Å². The highest BCUT2D eigenvalue weighted by molar-refractivity contribution is 6.34. The molecule has 0 aliphatic carbocycles. The molecule has 76 valence electrons. The maximum Gasteiger partial charge on any atom is 0.216 e. The van der Waals surface area contributed by atoms with Crippen LogP contribution in [0.5, 0.6) is 0 Å². The second kappa shape index (κ2) is 3.82. The number of nitrogens with zero attached hydrogens (tertiary/aromatic N) is 3. The molecule has 5 heteroatoms. The van der Waals surface area contributed by atoms with Crippen molar-refractivity contribution in [2.24, 2.45) is 7.05 Å². The zero-order valence-corrected chi connectivity index (χ0v) is 8.77. The van der Waals surface area contributed by atoms with E-state index in [-0.39, 0.29) is 11.5 Å². The summed E-state index contributed by atoms with van der Waals surface area (Å²) in [6.45, 7) is 0. The van der Waals surface area contributed by atoms with E-state index in [9.17, 15) is 4.79 Å². The maximum atomic E-state index is 11.9. The van der Waals surface area contributed by atoms with Gasteiger partial charge in [0.2, 0.25) is 5.78 Å². The second-order valence-electron chi connectivity index (χ2n) is 3.07. The van der Waals surface area contributed by atoms with Crippen LogP contribution < -0.4 is 0 Å². The lowest BCUT2D eigenvalue weighted by molar-refractivity contribution is 0.103. The second-order valence-corrected chi connectivity index (χ2v) is 3.47. The highest BCUT2D eigenvalue weighted by atomic mass is 35.5. The molecule has 0 amide bonds. The van der Waals surface area contributed by atoms with Gasteiger partial charge < -0.3 is 0 Å². The van der Waals surface area contributed by atoms with Crippen LogP contribution in [0.1, 0.15) is 16.1 Å². The van der Waals surface area contributed by atoms with Crippen molar-refractivity contribution in [3.8, 4) is 0 Å². The molecule has 2 aromatic heterocycles. The van der Waals surface area contributed by atoms with Crippen molar-refractivity contribution >= 4 is 17.4 Å². The molecule has 0 N–H and O–H groups in total. The van der Waals surface area contributed by atoms with Gasteiger partial charge in [0.05, 0.1) is 16.8 Å². The summed E-state index contributed by atoms with van der Waals surface area (Å²) >= 11 is 5.87. The first-order valence-electron chi connectivity index (χ1n) is 4.32. The Bertz CT molecular complexity index is 507. The molecule has 0 bridgehead atoms. The van der Waals surface area contributed by atoms with Gasteiger partial charge in [-0.1, -0.05) is 11.6 Å². The molecular formula is C10H8ClN3O. The van der Waals surface area contributed by atoms with Gasteiger partial charge in [-0.05, 0) is 12.1 Å². The minimum absolute atomic E-state index is 0.214. The van der Waals surface area contributed by atoms with Crippen molar-refractivity contribution in [1.82, 2.24) is 14.8 Å². The normalized spacial score (nSPS) is 10.3. The van der Waals surface area contributed by atoms with E-state index in [0.717, 1.165) is 0 Å². The predicted molar refractivity (Wildman–Crippen MR) is 55.9 cm³/mol. The van der Waals surface area contributed by atoms with Crippen molar-refractivity contribution in [2.45, 2.75) is 0 Å². The zero-order chi connectivity index (χ0) is 10.8. The lowest BCUT2D eigenvalue weighted by atomic mass is 10.1. The van der Waals surface area contributed by atoms with Crippen LogP contribution in [0, 0.1) is 0 Å². The Morgan fingerprint density at radius 1 is 1.53 bits per heavy atom. The lowest BCUT2D eigenvalue weighted by Crippen LogP contribution is -2.03. The molecule has 2 aromatic rings. The molecule has 4 nitrogen and oxygen atoms in total. The topological polar surface area (TPSA) is 47.8 Å². The van der Waals surface area contributed by atoms with Crippen LogP contribution in [0.15, 0.2) is 30.7 Å². The molecule has 0 aliphatic rings. The van der Waals surface area contributed by atoms with Gasteiger partial charge in [0.1, 0.15) is 5.69 Å². The van der Waals surface area contributed by atoms with Crippen LogP contribution in [0.2, 0.25) is 5.02 Å². The number of carbonyl (C=O) groups excluding carboxylic acids is 1. The first-order valence-corrected chi connectivity index (χ1v) is 4.70. The van der Waals surface area contributed by atoms with Gasteiger partial charge in [-0.2, -0.15) is 5.10 Å². The van der Waals surface area contributed by atoms with Crippen LogP contribution in [-0.4, -0.2) is 20.5 Å². The summed E-state index contributed by atoms with van der Waals surface area (Å²) in [6.07, 6.45) is 4.66. The molecule has 0 saturated heterocycles. The Morgan fingerprint density at radius 3 is 2.93 bits per heavy atom. The summed E-state index contributed by atoms with van der Waals surface area (Å²) in [6, 6.07) is 3.32. The summed E-state index contributed by atoms with van der Waals surface area (Å²) in [7, 11) is 1.75. The fourth-order valence-electron chi connectivity index (χ4n) is 1.23. The van der Waals surface area contributed by atoms with Gasteiger partial charge in [0.25, 0.3) is 0 Å². The minimum Gasteiger partial charge on any atom is -0.287 e. The molecule has 15 heavy (non-hydrogen) atoms. The van der Waals surface area contributed by atoms with E-state index in [4.69, 9.17) is 11.6 Å². The van der Waals surface area contributed by atoms with E-state index in [1.807, 2.05) is 0 Å². The summed E-state index contributed by atoms with van der Waals surface area (Å²) in [5.74, 6) is -0.214. The number of aryl methyl sites for hydroxylation is 1. The Balaban J connectivity index is 2.41. The summed E-state index contributed by atoms with van der Waals surface area (Å²) in [4.78, 5) is 15.8. The maximum absolute atomic E-state index is 11.9. The van der Waals surface area contributed by atoms with E-state index < -0.39 is 0 Å². The Morgan fingerprint density at radius 2 is 2.33 bits per heavy atom. The molecule has 0 fully saturated rings. The Kier molecular flexibility index (Phi) is 2.51. The Labute approximate surface area is 91.5 Å². The largest absolute Gasteiger partial charge is 0.287 e. The number of hydrogen-bond donors (Lipinski definition) is 0. The van der Waals surface area contributed by atoms with Crippen molar-refractivity contribution < 1.29 is 4.79 Å². The van der Waals surface area contributed by atoms with Gasteiger partial charge in [0, 0.05) is 19.4 Å². The quantitative estimate of drug-likeness (QED) is 0.726. The number of carbonyl (C=O) groups is 1. The highest BCUT2D eigenvalue weighted by Gasteiger charge is 2.15. The van der Waals surface area contributed by atoms with Gasteiger partial charge >= 0.3 is 0 Å². The molecule has 0 aromatic carbocycles. The molecular weight excluding hydrogens is 214 g/mol. The molecule has 0 saturated carbocycles. The third kappa shape index (κ3) is 1.89. The number of pyridine rings is 1. The molecule has 0 aliphatic heterocycles. The van der Waals surface area contributed by atoms with Crippen molar-refractivity contribution in [2.75, 3.05) is 0 Å². The molecule has 2 rings (SSSR count). The smallest absolute Gasteiger partial charge is 0.216 e. The fraction of sp³-hybridized carbons (Fsp3) is 0.100. The first-order chi connectivity index (χ1) is 7.18. The molecule has 0 spiro atoms. The van der Waals surface area contributed by atoms with Crippen LogP contribution in [-0.2, 0) is 7.05 Å². The van der Waals surface area contributed by atoms with E-state index in [2.05, 4.69) is 10.1 Å². The lowest BCUT2D eigenvalue weighted by Gasteiger charge is -1.98. The van der Waals surface area contributed by atoms with Crippen molar-refractivity contribution in [3.63, 3.8) is 0 Å². The average Bonchev–Trinajstić information content (AvgIpc) is 2.65. The molecule has 0 radical (unpaired) electrons. The van der Waals surface area contributed by atoms with E-state index in [0.29, 0.717) is 10.6 Å².